The molecule has 0 radical (unpaired) electrons. The molecule has 1 aromatic rings. The van der Waals surface area contributed by atoms with E-state index in [2.05, 4.69) is 10.1 Å². The van der Waals surface area contributed by atoms with Gasteiger partial charge in [-0.3, -0.25) is 9.59 Å². The van der Waals surface area contributed by atoms with Gasteiger partial charge in [-0.2, -0.15) is 4.98 Å². The highest BCUT2D eigenvalue weighted by Crippen LogP contribution is 2.22. The lowest BCUT2D eigenvalue weighted by Crippen LogP contribution is -2.36. The molecule has 0 N–H and O–H groups in total. The molecule has 1 aliphatic heterocycles. The summed E-state index contributed by atoms with van der Waals surface area (Å²) in [6.45, 7) is 8.19. The average Bonchev–Trinajstić information content (AvgIpc) is 2.87. The topological polar surface area (TPSA) is 85.5 Å². The van der Waals surface area contributed by atoms with Gasteiger partial charge in [-0.05, 0) is 19.8 Å². The van der Waals surface area contributed by atoms with Crippen LogP contribution in [0, 0.1) is 0 Å². The minimum absolute atomic E-state index is 0.0138. The van der Waals surface area contributed by atoms with Crippen molar-refractivity contribution in [1.82, 2.24) is 15.0 Å². The SMILES string of the molecule is CC(OC(=O)CN1CCCCCC1=O)c1nc(C(C)(C)C)no1. The quantitative estimate of drug-likeness (QED) is 0.791. The van der Waals surface area contributed by atoms with Crippen molar-refractivity contribution in [3.63, 3.8) is 0 Å². The fourth-order valence-electron chi connectivity index (χ4n) is 2.35. The van der Waals surface area contributed by atoms with E-state index in [1.807, 2.05) is 20.8 Å². The first-order valence-corrected chi connectivity index (χ1v) is 8.08. The Bertz CT molecular complexity index is 562. The van der Waals surface area contributed by atoms with Gasteiger partial charge in [-0.15, -0.1) is 0 Å². The Morgan fingerprint density at radius 1 is 1.35 bits per heavy atom. The van der Waals surface area contributed by atoms with Gasteiger partial charge in [0.1, 0.15) is 6.54 Å². The lowest BCUT2D eigenvalue weighted by atomic mass is 9.96. The van der Waals surface area contributed by atoms with Gasteiger partial charge in [-0.25, -0.2) is 0 Å². The summed E-state index contributed by atoms with van der Waals surface area (Å²) in [4.78, 5) is 29.8. The Kier molecular flexibility index (Phi) is 5.38. The van der Waals surface area contributed by atoms with Gasteiger partial charge >= 0.3 is 5.97 Å². The fourth-order valence-corrected chi connectivity index (χ4v) is 2.35. The molecule has 1 aliphatic rings. The van der Waals surface area contributed by atoms with E-state index in [-0.39, 0.29) is 23.8 Å². The first-order chi connectivity index (χ1) is 10.8. The molecule has 2 rings (SSSR count). The predicted molar refractivity (Wildman–Crippen MR) is 82.6 cm³/mol. The summed E-state index contributed by atoms with van der Waals surface area (Å²) in [6, 6.07) is 0. The molecular weight excluding hydrogens is 298 g/mol. The normalized spacial score (nSPS) is 17.7. The van der Waals surface area contributed by atoms with Crippen LogP contribution in [-0.4, -0.2) is 40.0 Å². The van der Waals surface area contributed by atoms with Crippen LogP contribution < -0.4 is 0 Å². The van der Waals surface area contributed by atoms with E-state index in [4.69, 9.17) is 9.26 Å². The number of carbonyl (C=O) groups excluding carboxylic acids is 2. The molecule has 1 saturated heterocycles. The third-order valence-electron chi connectivity index (χ3n) is 3.76. The molecule has 2 heterocycles. The van der Waals surface area contributed by atoms with E-state index in [1.165, 1.54) is 0 Å². The van der Waals surface area contributed by atoms with Crippen molar-refractivity contribution in [1.29, 1.82) is 0 Å². The summed E-state index contributed by atoms with van der Waals surface area (Å²) in [5.41, 5.74) is -0.232. The highest BCUT2D eigenvalue weighted by Gasteiger charge is 2.26. The van der Waals surface area contributed by atoms with Crippen LogP contribution in [0.1, 0.15) is 71.2 Å². The summed E-state index contributed by atoms with van der Waals surface area (Å²) in [5, 5.41) is 3.91. The summed E-state index contributed by atoms with van der Waals surface area (Å²) < 4.78 is 10.5. The Balaban J connectivity index is 1.91. The Morgan fingerprint density at radius 2 is 2.09 bits per heavy atom. The van der Waals surface area contributed by atoms with Crippen LogP contribution in [0.3, 0.4) is 0 Å². The number of amides is 1. The number of nitrogens with zero attached hydrogens (tertiary/aromatic N) is 3. The molecule has 0 bridgehead atoms. The number of hydrogen-bond acceptors (Lipinski definition) is 6. The van der Waals surface area contributed by atoms with Gasteiger partial charge in [0.25, 0.3) is 5.89 Å². The molecule has 0 aliphatic carbocycles. The van der Waals surface area contributed by atoms with Gasteiger partial charge < -0.3 is 14.2 Å². The van der Waals surface area contributed by atoms with Gasteiger partial charge in [-0.1, -0.05) is 32.3 Å². The maximum Gasteiger partial charge on any atom is 0.326 e. The molecular formula is C16H25N3O4. The summed E-state index contributed by atoms with van der Waals surface area (Å²) in [6.07, 6.45) is 2.70. The van der Waals surface area contributed by atoms with Crippen molar-refractivity contribution in [2.24, 2.45) is 0 Å². The van der Waals surface area contributed by atoms with Gasteiger partial charge in [0, 0.05) is 18.4 Å². The standard InChI is InChI=1S/C16H25N3O4/c1-11(14-17-15(18-23-14)16(2,3)4)22-13(21)10-19-9-7-5-6-8-12(19)20/h11H,5-10H2,1-4H3. The molecule has 1 unspecified atom stereocenters. The van der Waals surface area contributed by atoms with E-state index in [1.54, 1.807) is 11.8 Å². The van der Waals surface area contributed by atoms with E-state index in [0.717, 1.165) is 19.3 Å². The molecule has 7 heteroatoms. The van der Waals surface area contributed by atoms with Crippen LogP contribution in [0.4, 0.5) is 0 Å². The smallest absolute Gasteiger partial charge is 0.326 e. The zero-order chi connectivity index (χ0) is 17.0. The number of ether oxygens (including phenoxy) is 1. The number of rotatable bonds is 4. The first kappa shape index (κ1) is 17.4. The second-order valence-electron chi connectivity index (χ2n) is 6.96. The maximum absolute atomic E-state index is 12.1. The van der Waals surface area contributed by atoms with E-state index < -0.39 is 12.1 Å². The molecule has 1 atom stereocenters. The first-order valence-electron chi connectivity index (χ1n) is 8.08. The van der Waals surface area contributed by atoms with Crippen LogP contribution in [0.25, 0.3) is 0 Å². The monoisotopic (exact) mass is 323 g/mol. The minimum atomic E-state index is -0.631. The van der Waals surface area contributed by atoms with Crippen LogP contribution in [0.5, 0.6) is 0 Å². The third-order valence-corrected chi connectivity index (χ3v) is 3.76. The highest BCUT2D eigenvalue weighted by atomic mass is 16.6. The Labute approximate surface area is 136 Å². The lowest BCUT2D eigenvalue weighted by molar-refractivity contribution is -0.154. The lowest BCUT2D eigenvalue weighted by Gasteiger charge is -2.20. The van der Waals surface area contributed by atoms with Crippen LogP contribution in [-0.2, 0) is 19.7 Å². The van der Waals surface area contributed by atoms with Crippen molar-refractivity contribution in [2.75, 3.05) is 13.1 Å². The predicted octanol–water partition coefficient (Wildman–Crippen LogP) is 2.37. The van der Waals surface area contributed by atoms with Crippen molar-refractivity contribution in [2.45, 2.75) is 64.9 Å². The fraction of sp³-hybridized carbons (Fsp3) is 0.750. The second-order valence-corrected chi connectivity index (χ2v) is 6.96. The molecule has 1 aromatic heterocycles. The number of carbonyl (C=O) groups is 2. The molecule has 0 saturated carbocycles. The largest absolute Gasteiger partial charge is 0.451 e. The molecule has 1 fully saturated rings. The van der Waals surface area contributed by atoms with Gasteiger partial charge in [0.05, 0.1) is 0 Å². The van der Waals surface area contributed by atoms with E-state index in [9.17, 15) is 9.59 Å². The zero-order valence-electron chi connectivity index (χ0n) is 14.3. The Morgan fingerprint density at radius 3 is 2.74 bits per heavy atom. The van der Waals surface area contributed by atoms with Crippen LogP contribution in [0.15, 0.2) is 4.52 Å². The number of likely N-dealkylation sites (tertiary alicyclic amines) is 1. The number of aromatic nitrogens is 2. The number of esters is 1. The highest BCUT2D eigenvalue weighted by molar-refractivity contribution is 5.82. The maximum atomic E-state index is 12.1. The van der Waals surface area contributed by atoms with Crippen molar-refractivity contribution in [3.05, 3.63) is 11.7 Å². The Hall–Kier alpha value is -1.92. The minimum Gasteiger partial charge on any atom is -0.451 e. The van der Waals surface area contributed by atoms with Gasteiger partial charge in [0.2, 0.25) is 5.91 Å². The zero-order valence-corrected chi connectivity index (χ0v) is 14.3. The van der Waals surface area contributed by atoms with Gasteiger partial charge in [0.15, 0.2) is 11.9 Å². The molecule has 7 nitrogen and oxygen atoms in total. The molecule has 0 spiro atoms. The molecule has 128 valence electrons. The molecule has 23 heavy (non-hydrogen) atoms. The summed E-state index contributed by atoms with van der Waals surface area (Å²) in [7, 11) is 0. The van der Waals surface area contributed by atoms with E-state index in [0.29, 0.717) is 18.8 Å². The van der Waals surface area contributed by atoms with Crippen LogP contribution >= 0.6 is 0 Å². The van der Waals surface area contributed by atoms with Crippen molar-refractivity contribution >= 4 is 11.9 Å². The average molecular weight is 323 g/mol. The molecule has 0 aromatic carbocycles. The van der Waals surface area contributed by atoms with Crippen molar-refractivity contribution in [3.8, 4) is 0 Å². The number of hydrogen-bond donors (Lipinski definition) is 0. The van der Waals surface area contributed by atoms with Crippen molar-refractivity contribution < 1.29 is 18.8 Å². The third kappa shape index (κ3) is 4.77. The van der Waals surface area contributed by atoms with Crippen LogP contribution in [0.2, 0.25) is 0 Å². The second kappa shape index (κ2) is 7.10. The molecule has 1 amide bonds. The summed E-state index contributed by atoms with van der Waals surface area (Å²) in [5.74, 6) is 0.395. The van der Waals surface area contributed by atoms with E-state index >= 15 is 0 Å². The summed E-state index contributed by atoms with van der Waals surface area (Å²) >= 11 is 0.